The first kappa shape index (κ1) is 17.6. The number of hydrogen-bond donors (Lipinski definition) is 2. The quantitative estimate of drug-likeness (QED) is 0.689. The summed E-state index contributed by atoms with van der Waals surface area (Å²) in [4.78, 5) is 27.5. The van der Waals surface area contributed by atoms with E-state index in [1.54, 1.807) is 6.20 Å². The number of rotatable bonds is 5. The molecule has 134 valence electrons. The van der Waals surface area contributed by atoms with E-state index in [9.17, 15) is 18.4 Å². The Hall–Kier alpha value is -3.22. The Balaban J connectivity index is 1.83. The zero-order chi connectivity index (χ0) is 18.7. The van der Waals surface area contributed by atoms with Crippen molar-refractivity contribution < 1.29 is 23.1 Å². The Labute approximate surface area is 148 Å². The second-order valence-electron chi connectivity index (χ2n) is 5.74. The summed E-state index contributed by atoms with van der Waals surface area (Å²) >= 11 is 0. The summed E-state index contributed by atoms with van der Waals surface area (Å²) in [6, 6.07) is 9.35. The Morgan fingerprint density at radius 3 is 2.65 bits per heavy atom. The van der Waals surface area contributed by atoms with Gasteiger partial charge in [-0.3, -0.25) is 4.79 Å². The standard InChI is InChI=1S/C19H16F2N2O3/c1-26-19(25)17(9-12-10-22-16-5-3-2-4-13(12)16)23-18(24)11-6-7-14(20)15(21)8-11/h2-8,10,17,22H,9H2,1H3,(H,23,24). The number of ether oxygens (including phenoxy) is 1. The van der Waals surface area contributed by atoms with E-state index in [1.165, 1.54) is 7.11 Å². The predicted octanol–water partition coefficient (Wildman–Crippen LogP) is 2.96. The third kappa shape index (κ3) is 3.56. The number of H-pyrrole nitrogens is 1. The molecular formula is C19H16F2N2O3. The van der Waals surface area contributed by atoms with Crippen LogP contribution in [0, 0.1) is 11.6 Å². The Morgan fingerprint density at radius 2 is 1.92 bits per heavy atom. The van der Waals surface area contributed by atoms with Crippen LogP contribution in [-0.4, -0.2) is 30.0 Å². The van der Waals surface area contributed by atoms with Crippen molar-refractivity contribution in [2.24, 2.45) is 0 Å². The first-order valence-electron chi connectivity index (χ1n) is 7.88. The average molecular weight is 358 g/mol. The number of aromatic amines is 1. The highest BCUT2D eigenvalue weighted by molar-refractivity contribution is 5.97. The molecular weight excluding hydrogens is 342 g/mol. The maximum Gasteiger partial charge on any atom is 0.328 e. The molecule has 0 radical (unpaired) electrons. The van der Waals surface area contributed by atoms with Gasteiger partial charge in [-0.05, 0) is 29.8 Å². The third-order valence-electron chi connectivity index (χ3n) is 4.07. The van der Waals surface area contributed by atoms with Gasteiger partial charge in [-0.2, -0.15) is 0 Å². The number of nitrogens with one attached hydrogen (secondary N) is 2. The van der Waals surface area contributed by atoms with Crippen LogP contribution in [0.3, 0.4) is 0 Å². The molecule has 0 aliphatic carbocycles. The summed E-state index contributed by atoms with van der Waals surface area (Å²) in [5.74, 6) is -3.51. The Kier molecular flexibility index (Phi) is 4.97. The van der Waals surface area contributed by atoms with E-state index < -0.39 is 29.6 Å². The molecule has 0 bridgehead atoms. The van der Waals surface area contributed by atoms with Gasteiger partial charge < -0.3 is 15.0 Å². The summed E-state index contributed by atoms with van der Waals surface area (Å²) in [5, 5.41) is 3.44. The van der Waals surface area contributed by atoms with Crippen LogP contribution in [0.15, 0.2) is 48.7 Å². The lowest BCUT2D eigenvalue weighted by Gasteiger charge is -2.16. The molecule has 0 aliphatic rings. The summed E-state index contributed by atoms with van der Waals surface area (Å²) in [5.41, 5.74) is 1.64. The molecule has 0 saturated carbocycles. The largest absolute Gasteiger partial charge is 0.467 e. The number of carbonyl (C=O) groups excluding carboxylic acids is 2. The highest BCUT2D eigenvalue weighted by Crippen LogP contribution is 2.19. The molecule has 1 amide bonds. The highest BCUT2D eigenvalue weighted by Gasteiger charge is 2.24. The molecule has 0 spiro atoms. The number of fused-ring (bicyclic) bond motifs is 1. The molecule has 1 atom stereocenters. The fourth-order valence-corrected chi connectivity index (χ4v) is 2.73. The normalized spacial score (nSPS) is 12.0. The molecule has 1 unspecified atom stereocenters. The van der Waals surface area contributed by atoms with E-state index in [1.807, 2.05) is 24.3 Å². The maximum absolute atomic E-state index is 13.3. The molecule has 1 aromatic heterocycles. The van der Waals surface area contributed by atoms with Gasteiger partial charge in [0.25, 0.3) is 5.91 Å². The van der Waals surface area contributed by atoms with E-state index in [0.29, 0.717) is 0 Å². The van der Waals surface area contributed by atoms with Gasteiger partial charge in [0.2, 0.25) is 0 Å². The summed E-state index contributed by atoms with van der Waals surface area (Å²) in [6.07, 6.45) is 1.94. The monoisotopic (exact) mass is 358 g/mol. The number of para-hydroxylation sites is 1. The molecule has 1 heterocycles. The SMILES string of the molecule is COC(=O)C(Cc1c[nH]c2ccccc12)NC(=O)c1ccc(F)c(F)c1. The first-order chi connectivity index (χ1) is 12.5. The Bertz CT molecular complexity index is 968. The van der Waals surface area contributed by atoms with Gasteiger partial charge in [0.1, 0.15) is 6.04 Å². The third-order valence-corrected chi connectivity index (χ3v) is 4.07. The fourth-order valence-electron chi connectivity index (χ4n) is 2.73. The van der Waals surface area contributed by atoms with Gasteiger partial charge in [0, 0.05) is 29.1 Å². The number of carbonyl (C=O) groups is 2. The fraction of sp³-hybridized carbons (Fsp3) is 0.158. The minimum absolute atomic E-state index is 0.0864. The zero-order valence-corrected chi connectivity index (χ0v) is 13.9. The second kappa shape index (κ2) is 7.35. The smallest absolute Gasteiger partial charge is 0.328 e. The lowest BCUT2D eigenvalue weighted by Crippen LogP contribution is -2.43. The second-order valence-corrected chi connectivity index (χ2v) is 5.74. The van der Waals surface area contributed by atoms with Crippen LogP contribution in [0.5, 0.6) is 0 Å². The lowest BCUT2D eigenvalue weighted by atomic mass is 10.0. The number of aromatic nitrogens is 1. The van der Waals surface area contributed by atoms with E-state index in [4.69, 9.17) is 4.74 Å². The van der Waals surface area contributed by atoms with Crippen LogP contribution in [0.25, 0.3) is 10.9 Å². The van der Waals surface area contributed by atoms with E-state index in [0.717, 1.165) is 34.7 Å². The molecule has 2 N–H and O–H groups in total. The summed E-state index contributed by atoms with van der Waals surface area (Å²) in [6.45, 7) is 0. The first-order valence-corrected chi connectivity index (χ1v) is 7.88. The maximum atomic E-state index is 13.3. The van der Waals surface area contributed by atoms with Crippen LogP contribution >= 0.6 is 0 Å². The predicted molar refractivity (Wildman–Crippen MR) is 91.6 cm³/mol. The van der Waals surface area contributed by atoms with Gasteiger partial charge >= 0.3 is 5.97 Å². The molecule has 0 fully saturated rings. The minimum Gasteiger partial charge on any atom is -0.467 e. The van der Waals surface area contributed by atoms with Crippen LogP contribution in [0.1, 0.15) is 15.9 Å². The number of benzene rings is 2. The van der Waals surface area contributed by atoms with Crippen LogP contribution in [0.4, 0.5) is 8.78 Å². The molecule has 0 aliphatic heterocycles. The Morgan fingerprint density at radius 1 is 1.15 bits per heavy atom. The zero-order valence-electron chi connectivity index (χ0n) is 13.9. The van der Waals surface area contributed by atoms with Crippen molar-refractivity contribution in [3.8, 4) is 0 Å². The molecule has 3 rings (SSSR count). The highest BCUT2D eigenvalue weighted by atomic mass is 19.2. The van der Waals surface area contributed by atoms with Gasteiger partial charge in [-0.1, -0.05) is 18.2 Å². The van der Waals surface area contributed by atoms with E-state index in [2.05, 4.69) is 10.3 Å². The minimum atomic E-state index is -1.14. The van der Waals surface area contributed by atoms with Crippen molar-refractivity contribution in [1.29, 1.82) is 0 Å². The lowest BCUT2D eigenvalue weighted by molar-refractivity contribution is -0.142. The van der Waals surface area contributed by atoms with Crippen molar-refractivity contribution in [3.63, 3.8) is 0 Å². The van der Waals surface area contributed by atoms with Gasteiger partial charge in [-0.15, -0.1) is 0 Å². The van der Waals surface area contributed by atoms with Crippen molar-refractivity contribution in [3.05, 3.63) is 71.4 Å². The van der Waals surface area contributed by atoms with Crippen molar-refractivity contribution >= 4 is 22.8 Å². The molecule has 7 heteroatoms. The van der Waals surface area contributed by atoms with Crippen LogP contribution in [0.2, 0.25) is 0 Å². The number of amides is 1. The van der Waals surface area contributed by atoms with Crippen LogP contribution in [-0.2, 0) is 16.0 Å². The number of halogens is 2. The molecule has 5 nitrogen and oxygen atoms in total. The summed E-state index contributed by atoms with van der Waals surface area (Å²) in [7, 11) is 1.22. The van der Waals surface area contributed by atoms with Gasteiger partial charge in [0.05, 0.1) is 7.11 Å². The molecule has 26 heavy (non-hydrogen) atoms. The molecule has 3 aromatic rings. The van der Waals surface area contributed by atoms with Crippen molar-refractivity contribution in [1.82, 2.24) is 10.3 Å². The topological polar surface area (TPSA) is 71.2 Å². The molecule has 2 aromatic carbocycles. The van der Waals surface area contributed by atoms with E-state index >= 15 is 0 Å². The number of methoxy groups -OCH3 is 1. The average Bonchev–Trinajstić information content (AvgIpc) is 3.05. The van der Waals surface area contributed by atoms with Gasteiger partial charge in [0.15, 0.2) is 11.6 Å². The van der Waals surface area contributed by atoms with Crippen molar-refractivity contribution in [2.75, 3.05) is 7.11 Å². The van der Waals surface area contributed by atoms with E-state index in [-0.39, 0.29) is 12.0 Å². The van der Waals surface area contributed by atoms with Gasteiger partial charge in [-0.25, -0.2) is 13.6 Å². The summed E-state index contributed by atoms with van der Waals surface area (Å²) < 4.78 is 31.1. The number of esters is 1. The molecule has 0 saturated heterocycles. The number of hydrogen-bond acceptors (Lipinski definition) is 3. The van der Waals surface area contributed by atoms with Crippen molar-refractivity contribution in [2.45, 2.75) is 12.5 Å². The van der Waals surface area contributed by atoms with Crippen LogP contribution < -0.4 is 5.32 Å².